The van der Waals surface area contributed by atoms with Crippen molar-refractivity contribution in [3.8, 4) is 11.3 Å². The Kier molecular flexibility index (Phi) is 6.09. The van der Waals surface area contributed by atoms with Gasteiger partial charge in [-0.3, -0.25) is 9.48 Å². The number of nitrogens with one attached hydrogen (secondary N) is 1. The van der Waals surface area contributed by atoms with Crippen molar-refractivity contribution in [1.29, 1.82) is 0 Å². The van der Waals surface area contributed by atoms with Crippen LogP contribution in [0.15, 0.2) is 36.5 Å². The van der Waals surface area contributed by atoms with Gasteiger partial charge in [-0.05, 0) is 37.0 Å². The maximum atomic E-state index is 13.0. The maximum Gasteiger partial charge on any atom is 0.416 e. The molecular weight excluding hydrogens is 449 g/mol. The lowest BCUT2D eigenvalue weighted by atomic mass is 10.0. The van der Waals surface area contributed by atoms with Crippen LogP contribution < -0.4 is 11.1 Å². The molecule has 0 fully saturated rings. The Hall–Kier alpha value is -2.36. The third-order valence-electron chi connectivity index (χ3n) is 5.21. The second-order valence-electron chi connectivity index (χ2n) is 7.42. The number of carbonyl (C=O) groups excluding carboxylic acids is 1. The molecule has 3 aromatic rings. The number of aromatic nitrogens is 2. The fraction of sp³-hybridized carbons (Fsp3) is 0.333. The van der Waals surface area contributed by atoms with Crippen LogP contribution in [-0.2, 0) is 25.6 Å². The van der Waals surface area contributed by atoms with Crippen molar-refractivity contribution in [3.05, 3.63) is 62.4 Å². The van der Waals surface area contributed by atoms with Gasteiger partial charge in [-0.15, -0.1) is 11.3 Å². The minimum absolute atomic E-state index is 0.103. The van der Waals surface area contributed by atoms with E-state index in [2.05, 4.69) is 10.4 Å². The van der Waals surface area contributed by atoms with Crippen molar-refractivity contribution in [2.75, 3.05) is 6.54 Å². The predicted molar refractivity (Wildman–Crippen MR) is 114 cm³/mol. The van der Waals surface area contributed by atoms with Crippen LogP contribution >= 0.6 is 22.9 Å². The van der Waals surface area contributed by atoms with Gasteiger partial charge in [0.25, 0.3) is 5.91 Å². The van der Waals surface area contributed by atoms with Gasteiger partial charge in [0.05, 0.1) is 27.4 Å². The van der Waals surface area contributed by atoms with E-state index in [-0.39, 0.29) is 18.9 Å². The van der Waals surface area contributed by atoms with E-state index in [0.717, 1.165) is 47.7 Å². The summed E-state index contributed by atoms with van der Waals surface area (Å²) in [4.78, 5) is 14.5. The number of nitrogens with zero attached hydrogens (tertiary/aromatic N) is 2. The highest BCUT2D eigenvalue weighted by atomic mass is 35.5. The first-order valence-corrected chi connectivity index (χ1v) is 11.0. The highest BCUT2D eigenvalue weighted by Gasteiger charge is 2.30. The standard InChI is InChI=1S/C21H20ClF3N4OS/c22-16-11-27-29-6-2-5-17-15(19(16)29)9-18(31-17)20(30)28-14(10-26)8-12-3-1-4-13(7-12)21(23,24)25/h1,3-4,7,9,11,14H,2,5-6,8,10,26H2,(H,28,30). The minimum atomic E-state index is -4.42. The molecule has 0 saturated carbocycles. The number of aryl methyl sites for hydroxylation is 2. The molecule has 0 spiro atoms. The summed E-state index contributed by atoms with van der Waals surface area (Å²) in [6, 6.07) is 6.38. The van der Waals surface area contributed by atoms with Crippen LogP contribution in [0.2, 0.25) is 5.02 Å². The summed E-state index contributed by atoms with van der Waals surface area (Å²) in [5.74, 6) is -0.303. The third kappa shape index (κ3) is 4.63. The largest absolute Gasteiger partial charge is 0.416 e. The molecule has 1 unspecified atom stereocenters. The lowest BCUT2D eigenvalue weighted by Crippen LogP contribution is -2.41. The Morgan fingerprint density at radius 1 is 1.35 bits per heavy atom. The second-order valence-corrected chi connectivity index (χ2v) is 8.97. The Balaban J connectivity index is 1.52. The Labute approximate surface area is 186 Å². The lowest BCUT2D eigenvalue weighted by Gasteiger charge is -2.17. The fourth-order valence-corrected chi connectivity index (χ4v) is 5.07. The third-order valence-corrected chi connectivity index (χ3v) is 6.68. The van der Waals surface area contributed by atoms with Gasteiger partial charge in [-0.1, -0.05) is 29.8 Å². The Morgan fingerprint density at radius 2 is 2.16 bits per heavy atom. The van der Waals surface area contributed by atoms with Gasteiger partial charge in [0, 0.05) is 29.6 Å². The molecule has 3 N–H and O–H groups in total. The minimum Gasteiger partial charge on any atom is -0.347 e. The van der Waals surface area contributed by atoms with E-state index in [9.17, 15) is 18.0 Å². The van der Waals surface area contributed by atoms with E-state index in [1.54, 1.807) is 18.3 Å². The lowest BCUT2D eigenvalue weighted by molar-refractivity contribution is -0.137. The summed E-state index contributed by atoms with van der Waals surface area (Å²) in [6.07, 6.45) is -0.906. The number of hydrogen-bond donors (Lipinski definition) is 2. The number of hydrogen-bond acceptors (Lipinski definition) is 4. The highest BCUT2D eigenvalue weighted by Crippen LogP contribution is 2.38. The molecular formula is C21H20ClF3N4OS. The molecule has 1 aromatic carbocycles. The molecule has 164 valence electrons. The molecule has 3 heterocycles. The molecule has 0 radical (unpaired) electrons. The summed E-state index contributed by atoms with van der Waals surface area (Å²) in [7, 11) is 0. The number of fused-ring (bicyclic) bond motifs is 3. The van der Waals surface area contributed by atoms with E-state index in [1.165, 1.54) is 17.4 Å². The normalized spacial score (nSPS) is 14.5. The Bertz CT molecular complexity index is 1110. The van der Waals surface area contributed by atoms with E-state index >= 15 is 0 Å². The number of halogens is 4. The van der Waals surface area contributed by atoms with Crippen LogP contribution in [0.1, 0.15) is 32.1 Å². The molecule has 1 aliphatic heterocycles. The highest BCUT2D eigenvalue weighted by molar-refractivity contribution is 7.14. The van der Waals surface area contributed by atoms with E-state index in [0.29, 0.717) is 15.5 Å². The number of alkyl halides is 3. The number of amides is 1. The van der Waals surface area contributed by atoms with Crippen molar-refractivity contribution >= 4 is 28.8 Å². The zero-order valence-electron chi connectivity index (χ0n) is 16.4. The zero-order chi connectivity index (χ0) is 22.2. The summed E-state index contributed by atoms with van der Waals surface area (Å²) in [6.45, 7) is 0.864. The van der Waals surface area contributed by atoms with Crippen molar-refractivity contribution in [3.63, 3.8) is 0 Å². The quantitative estimate of drug-likeness (QED) is 0.578. The molecule has 1 aliphatic rings. The molecule has 0 bridgehead atoms. The van der Waals surface area contributed by atoms with E-state index < -0.39 is 17.8 Å². The zero-order valence-corrected chi connectivity index (χ0v) is 17.9. The van der Waals surface area contributed by atoms with Gasteiger partial charge >= 0.3 is 6.18 Å². The van der Waals surface area contributed by atoms with Crippen molar-refractivity contribution in [2.24, 2.45) is 5.73 Å². The van der Waals surface area contributed by atoms with Crippen LogP contribution in [0.25, 0.3) is 11.3 Å². The number of carbonyl (C=O) groups is 1. The number of benzene rings is 1. The molecule has 0 saturated heterocycles. The van der Waals surface area contributed by atoms with Crippen molar-refractivity contribution in [2.45, 2.75) is 38.0 Å². The van der Waals surface area contributed by atoms with Crippen molar-refractivity contribution in [1.82, 2.24) is 15.1 Å². The average molecular weight is 469 g/mol. The topological polar surface area (TPSA) is 72.9 Å². The smallest absolute Gasteiger partial charge is 0.347 e. The van der Waals surface area contributed by atoms with E-state index in [4.69, 9.17) is 17.3 Å². The molecule has 10 heteroatoms. The summed E-state index contributed by atoms with van der Waals surface area (Å²) >= 11 is 7.71. The van der Waals surface area contributed by atoms with Gasteiger partial charge in [0.2, 0.25) is 0 Å². The monoisotopic (exact) mass is 468 g/mol. The molecule has 0 aliphatic carbocycles. The van der Waals surface area contributed by atoms with Crippen LogP contribution in [0, 0.1) is 0 Å². The van der Waals surface area contributed by atoms with Crippen LogP contribution in [-0.4, -0.2) is 28.3 Å². The van der Waals surface area contributed by atoms with Crippen molar-refractivity contribution < 1.29 is 18.0 Å². The first-order valence-electron chi connectivity index (χ1n) is 9.77. The summed E-state index contributed by atoms with van der Waals surface area (Å²) < 4.78 is 40.7. The van der Waals surface area contributed by atoms with Crippen LogP contribution in [0.3, 0.4) is 0 Å². The first-order chi connectivity index (χ1) is 14.8. The summed E-state index contributed by atoms with van der Waals surface area (Å²) in [5.41, 5.74) is 7.25. The van der Waals surface area contributed by atoms with Gasteiger partial charge in [-0.25, -0.2) is 0 Å². The van der Waals surface area contributed by atoms with E-state index in [1.807, 2.05) is 4.68 Å². The molecule has 1 atom stereocenters. The molecule has 31 heavy (non-hydrogen) atoms. The molecule has 5 nitrogen and oxygen atoms in total. The molecule has 1 amide bonds. The van der Waals surface area contributed by atoms with Gasteiger partial charge in [0.15, 0.2) is 0 Å². The fourth-order valence-electron chi connectivity index (χ4n) is 3.72. The first kappa shape index (κ1) is 21.9. The summed E-state index contributed by atoms with van der Waals surface area (Å²) in [5, 5.41) is 7.69. The van der Waals surface area contributed by atoms with Crippen LogP contribution in [0.4, 0.5) is 13.2 Å². The second kappa shape index (κ2) is 8.64. The Morgan fingerprint density at radius 3 is 2.90 bits per heavy atom. The molecule has 4 rings (SSSR count). The number of rotatable bonds is 5. The number of nitrogens with two attached hydrogens (primary N) is 1. The average Bonchev–Trinajstić information content (AvgIpc) is 3.26. The van der Waals surface area contributed by atoms with Gasteiger partial charge < -0.3 is 11.1 Å². The van der Waals surface area contributed by atoms with Gasteiger partial charge in [-0.2, -0.15) is 18.3 Å². The molecule has 2 aromatic heterocycles. The SMILES string of the molecule is NCC(Cc1cccc(C(F)(F)F)c1)NC(=O)c1cc2c(s1)CCCn1ncc(Cl)c1-2. The predicted octanol–water partition coefficient (Wildman–Crippen LogP) is 4.53. The van der Waals surface area contributed by atoms with Crippen LogP contribution in [0.5, 0.6) is 0 Å². The van der Waals surface area contributed by atoms with Gasteiger partial charge in [0.1, 0.15) is 0 Å². The maximum absolute atomic E-state index is 13.0. The number of thiophene rings is 1.